The van der Waals surface area contributed by atoms with Crippen LogP contribution in [0.3, 0.4) is 0 Å². The minimum atomic E-state index is -3.26. The maximum atomic E-state index is 12.3. The summed E-state index contributed by atoms with van der Waals surface area (Å²) in [6.45, 7) is 5.05. The molecule has 0 unspecified atom stereocenters. The van der Waals surface area contributed by atoms with E-state index in [2.05, 4.69) is 5.32 Å². The van der Waals surface area contributed by atoms with Gasteiger partial charge in [-0.25, -0.2) is 8.42 Å². The van der Waals surface area contributed by atoms with Crippen molar-refractivity contribution in [2.24, 2.45) is 0 Å². The predicted molar refractivity (Wildman–Crippen MR) is 94.5 cm³/mol. The molecule has 24 heavy (non-hydrogen) atoms. The summed E-state index contributed by atoms with van der Waals surface area (Å²) >= 11 is 0. The molecule has 5 nitrogen and oxygen atoms in total. The van der Waals surface area contributed by atoms with Crippen molar-refractivity contribution in [1.82, 2.24) is 0 Å². The van der Waals surface area contributed by atoms with Gasteiger partial charge in [-0.3, -0.25) is 4.79 Å². The molecule has 1 aromatic carbocycles. The number of benzene rings is 1. The Kier molecular flexibility index (Phi) is 5.49. The van der Waals surface area contributed by atoms with E-state index in [1.54, 1.807) is 57.4 Å². The Labute approximate surface area is 143 Å². The van der Waals surface area contributed by atoms with Crippen LogP contribution in [0.2, 0.25) is 0 Å². The highest BCUT2D eigenvalue weighted by molar-refractivity contribution is 7.91. The minimum absolute atomic E-state index is 0.0490. The van der Waals surface area contributed by atoms with E-state index in [0.29, 0.717) is 24.1 Å². The molecule has 0 aliphatic rings. The van der Waals surface area contributed by atoms with Crippen LogP contribution in [-0.4, -0.2) is 19.1 Å². The largest absolute Gasteiger partial charge is 0.469 e. The summed E-state index contributed by atoms with van der Waals surface area (Å²) in [6, 6.07) is 10.6. The number of amides is 1. The monoisotopic (exact) mass is 349 g/mol. The van der Waals surface area contributed by atoms with Crippen LogP contribution < -0.4 is 5.32 Å². The summed E-state index contributed by atoms with van der Waals surface area (Å²) in [6.07, 6.45) is 2.40. The molecule has 0 atom stereocenters. The van der Waals surface area contributed by atoms with E-state index in [1.165, 1.54) is 0 Å². The third-order valence-electron chi connectivity index (χ3n) is 3.68. The van der Waals surface area contributed by atoms with Gasteiger partial charge in [0.2, 0.25) is 5.91 Å². The predicted octanol–water partition coefficient (Wildman–Crippen LogP) is 3.56. The SMILES string of the molecule is CC(C)(C)S(=O)(=O)Cc1cccc(NC(=O)CCc2ccco2)c1. The molecule has 1 N–H and O–H groups in total. The Morgan fingerprint density at radius 3 is 2.54 bits per heavy atom. The first-order valence-electron chi connectivity index (χ1n) is 7.81. The van der Waals surface area contributed by atoms with E-state index in [1.807, 2.05) is 6.07 Å². The van der Waals surface area contributed by atoms with E-state index in [9.17, 15) is 13.2 Å². The number of furan rings is 1. The molecule has 0 saturated heterocycles. The lowest BCUT2D eigenvalue weighted by molar-refractivity contribution is -0.116. The second-order valence-electron chi connectivity index (χ2n) is 6.70. The Balaban J connectivity index is 1.98. The molecule has 2 rings (SSSR count). The summed E-state index contributed by atoms with van der Waals surface area (Å²) < 4.78 is 29.0. The van der Waals surface area contributed by atoms with Crippen LogP contribution in [-0.2, 0) is 26.8 Å². The molecular weight excluding hydrogens is 326 g/mol. The standard InChI is InChI=1S/C18H23NO4S/c1-18(2,3)24(21,22)13-14-6-4-7-15(12-14)19-17(20)10-9-16-8-5-11-23-16/h4-8,11-12H,9-10,13H2,1-3H3,(H,19,20). The zero-order chi connectivity index (χ0) is 17.8. The molecule has 0 radical (unpaired) electrons. The summed E-state index contributed by atoms with van der Waals surface area (Å²) in [5.74, 6) is 0.574. The van der Waals surface area contributed by atoms with Crippen molar-refractivity contribution in [1.29, 1.82) is 0 Å². The first-order chi connectivity index (χ1) is 11.2. The van der Waals surface area contributed by atoms with Crippen molar-refractivity contribution in [2.45, 2.75) is 44.1 Å². The molecule has 0 fully saturated rings. The second-order valence-corrected chi connectivity index (χ2v) is 9.44. The van der Waals surface area contributed by atoms with Gasteiger partial charge in [0.15, 0.2) is 9.84 Å². The molecule has 0 aliphatic carbocycles. The molecule has 0 saturated carbocycles. The Morgan fingerprint density at radius 1 is 1.17 bits per heavy atom. The fraction of sp³-hybridized carbons (Fsp3) is 0.389. The normalized spacial score (nSPS) is 12.1. The molecule has 2 aromatic rings. The number of carbonyl (C=O) groups is 1. The molecule has 6 heteroatoms. The first kappa shape index (κ1) is 18.3. The second kappa shape index (κ2) is 7.21. The van der Waals surface area contributed by atoms with Crippen molar-refractivity contribution >= 4 is 21.4 Å². The number of aryl methyl sites for hydroxylation is 1. The quantitative estimate of drug-likeness (QED) is 0.865. The van der Waals surface area contributed by atoms with Gasteiger partial charge in [-0.1, -0.05) is 12.1 Å². The van der Waals surface area contributed by atoms with Crippen LogP contribution in [0.25, 0.3) is 0 Å². The van der Waals surface area contributed by atoms with E-state index in [-0.39, 0.29) is 11.7 Å². The van der Waals surface area contributed by atoms with Crippen LogP contribution in [0.4, 0.5) is 5.69 Å². The van der Waals surface area contributed by atoms with Crippen LogP contribution in [0.15, 0.2) is 47.1 Å². The number of rotatable bonds is 6. The summed E-state index contributed by atoms with van der Waals surface area (Å²) in [4.78, 5) is 12.0. The summed E-state index contributed by atoms with van der Waals surface area (Å²) in [5, 5.41) is 2.79. The van der Waals surface area contributed by atoms with Gasteiger partial charge < -0.3 is 9.73 Å². The molecular formula is C18H23NO4S. The molecule has 130 valence electrons. The van der Waals surface area contributed by atoms with Crippen LogP contribution in [0.5, 0.6) is 0 Å². The minimum Gasteiger partial charge on any atom is -0.469 e. The average molecular weight is 349 g/mol. The van der Waals surface area contributed by atoms with Gasteiger partial charge in [-0.05, 0) is 50.6 Å². The average Bonchev–Trinajstić information content (AvgIpc) is 2.97. The number of nitrogens with one attached hydrogen (secondary N) is 1. The van der Waals surface area contributed by atoms with Gasteiger partial charge in [-0.15, -0.1) is 0 Å². The number of anilines is 1. The molecule has 0 spiro atoms. The fourth-order valence-corrected chi connectivity index (χ4v) is 3.14. The fourth-order valence-electron chi connectivity index (χ4n) is 2.09. The first-order valence-corrected chi connectivity index (χ1v) is 9.46. The highest BCUT2D eigenvalue weighted by Crippen LogP contribution is 2.22. The Morgan fingerprint density at radius 2 is 1.92 bits per heavy atom. The third kappa shape index (κ3) is 4.96. The molecule has 1 aromatic heterocycles. The van der Waals surface area contributed by atoms with E-state index in [4.69, 9.17) is 4.42 Å². The smallest absolute Gasteiger partial charge is 0.224 e. The van der Waals surface area contributed by atoms with Crippen molar-refractivity contribution in [3.8, 4) is 0 Å². The number of carbonyl (C=O) groups excluding carboxylic acids is 1. The zero-order valence-corrected chi connectivity index (χ0v) is 15.0. The summed E-state index contributed by atoms with van der Waals surface area (Å²) in [5.41, 5.74) is 1.26. The molecule has 1 heterocycles. The topological polar surface area (TPSA) is 76.4 Å². The lowest BCUT2D eigenvalue weighted by Gasteiger charge is -2.19. The highest BCUT2D eigenvalue weighted by atomic mass is 32.2. The summed E-state index contributed by atoms with van der Waals surface area (Å²) in [7, 11) is -3.26. The Hall–Kier alpha value is -2.08. The van der Waals surface area contributed by atoms with Gasteiger partial charge in [0, 0.05) is 18.5 Å². The van der Waals surface area contributed by atoms with Crippen molar-refractivity contribution in [2.75, 3.05) is 5.32 Å². The van der Waals surface area contributed by atoms with Gasteiger partial charge in [0.1, 0.15) is 5.76 Å². The van der Waals surface area contributed by atoms with E-state index >= 15 is 0 Å². The maximum absolute atomic E-state index is 12.3. The van der Waals surface area contributed by atoms with Crippen LogP contribution in [0, 0.1) is 0 Å². The maximum Gasteiger partial charge on any atom is 0.224 e. The zero-order valence-electron chi connectivity index (χ0n) is 14.2. The molecule has 0 aliphatic heterocycles. The van der Waals surface area contributed by atoms with Gasteiger partial charge in [0.25, 0.3) is 0 Å². The lowest BCUT2D eigenvalue weighted by atomic mass is 10.2. The van der Waals surface area contributed by atoms with E-state index in [0.717, 1.165) is 5.76 Å². The highest BCUT2D eigenvalue weighted by Gasteiger charge is 2.28. The number of hydrogen-bond donors (Lipinski definition) is 1. The number of hydrogen-bond acceptors (Lipinski definition) is 4. The van der Waals surface area contributed by atoms with Gasteiger partial charge >= 0.3 is 0 Å². The lowest BCUT2D eigenvalue weighted by Crippen LogP contribution is -2.29. The van der Waals surface area contributed by atoms with Crippen molar-refractivity contribution in [3.63, 3.8) is 0 Å². The van der Waals surface area contributed by atoms with Gasteiger partial charge in [-0.2, -0.15) is 0 Å². The van der Waals surface area contributed by atoms with Crippen molar-refractivity contribution in [3.05, 3.63) is 54.0 Å². The van der Waals surface area contributed by atoms with Crippen molar-refractivity contribution < 1.29 is 17.6 Å². The van der Waals surface area contributed by atoms with Gasteiger partial charge in [0.05, 0.1) is 16.8 Å². The van der Waals surface area contributed by atoms with Crippen LogP contribution >= 0.6 is 0 Å². The third-order valence-corrected chi connectivity index (χ3v) is 6.26. The number of sulfone groups is 1. The molecule has 1 amide bonds. The van der Waals surface area contributed by atoms with Crippen LogP contribution in [0.1, 0.15) is 38.5 Å². The Bertz CT molecular complexity index is 787. The molecule has 0 bridgehead atoms. The van der Waals surface area contributed by atoms with E-state index < -0.39 is 14.6 Å².